The summed E-state index contributed by atoms with van der Waals surface area (Å²) in [7, 11) is 0. The van der Waals surface area contributed by atoms with Crippen molar-refractivity contribution in [3.8, 4) is 0 Å². The molecule has 27 heteroatoms. The number of carbonyl (C=O) groups excluding carboxylic acids is 12. The van der Waals surface area contributed by atoms with Crippen LogP contribution in [0.3, 0.4) is 0 Å². The standard InChI is InChI=1S/C106H141N15O12/c1-11-13-41-63-110-67-96(123)115(80(4)88-47-25-16-26-48-88)75-104(131)116(81(5)89-49-27-17-28-50-89)73-98(125)113(66-44-40-62-108)71-102(129)121(86(10)94-59-37-22-38-60-94)78-105(132)117(82(6)90-51-29-18-30-52-90)72-97(124)111(64-42-14-12-2)69-100(127)120(85(9)93-57-35-21-36-58-93)77-106(133)118(83(7)91-53-31-19-32-54-91)74-99(126)112(65-43-39-61-107)70-101(128)119(84(8)92-55-33-20-34-56-92)76-103(130)114(68-95(109)122)79(3)87-45-23-15-24-46-87/h15-38,45-60,79-86,110H,11-14,39-44,61-78,107-108H2,1-10H3,(H2,109,122)/t79-,80-,81+,82+,83+,84-,85-,86-/m0/s1. The molecular formula is C106H141N15O12. The van der Waals surface area contributed by atoms with E-state index in [9.17, 15) is 14.4 Å². The fourth-order valence-electron chi connectivity index (χ4n) is 16.6. The molecule has 0 aliphatic carbocycles. The van der Waals surface area contributed by atoms with Crippen LogP contribution in [0.5, 0.6) is 0 Å². The molecule has 0 bridgehead atoms. The Labute approximate surface area is 787 Å². The first-order valence-corrected chi connectivity index (χ1v) is 47.1. The molecular weight excluding hydrogens is 1680 g/mol. The van der Waals surface area contributed by atoms with E-state index in [1.165, 1.54) is 53.9 Å². The van der Waals surface area contributed by atoms with E-state index in [1.54, 1.807) is 53.7 Å². The Kier molecular flexibility index (Phi) is 44.1. The van der Waals surface area contributed by atoms with Gasteiger partial charge >= 0.3 is 0 Å². The normalized spacial score (nSPS) is 12.9. The highest BCUT2D eigenvalue weighted by molar-refractivity contribution is 5.96. The van der Waals surface area contributed by atoms with Gasteiger partial charge in [-0.1, -0.05) is 282 Å². The van der Waals surface area contributed by atoms with E-state index in [0.29, 0.717) is 72.9 Å². The maximum atomic E-state index is 16.1. The first-order valence-electron chi connectivity index (χ1n) is 47.1. The third kappa shape index (κ3) is 32.3. The highest BCUT2D eigenvalue weighted by Crippen LogP contribution is 2.32. The van der Waals surface area contributed by atoms with E-state index < -0.39 is 179 Å². The number of nitrogens with zero attached hydrogens (tertiary/aromatic N) is 11. The van der Waals surface area contributed by atoms with Crippen LogP contribution in [0.1, 0.15) is 226 Å². The molecule has 0 unspecified atom stereocenters. The highest BCUT2D eigenvalue weighted by Gasteiger charge is 2.40. The van der Waals surface area contributed by atoms with Crippen LogP contribution in [0.15, 0.2) is 243 Å². The SMILES string of the molecule is CCCCCNCC(=O)N(CC(=O)N(CC(=O)N(CCCCN)CC(=O)N(CC(=O)N(CC(=O)N(CCCCC)CC(=O)N(CC(=O)N(CC(=O)N(CCCCN)CC(=O)N(CC(=O)N(CC(N)=O)[C@@H](C)c1ccccc1)[C@@H](C)c1ccccc1)[C@H](C)c1ccccc1)[C@@H](C)c1ccccc1)[C@H](C)c1ccccc1)[C@@H](C)c1ccccc1)[C@H](C)c1ccccc1)[C@@H](C)c1ccccc1. The van der Waals surface area contributed by atoms with E-state index in [2.05, 4.69) is 12.2 Å². The quantitative estimate of drug-likeness (QED) is 0.0257. The van der Waals surface area contributed by atoms with E-state index in [-0.39, 0.29) is 51.7 Å². The molecule has 133 heavy (non-hydrogen) atoms. The first-order chi connectivity index (χ1) is 64.1. The van der Waals surface area contributed by atoms with Crippen LogP contribution < -0.4 is 22.5 Å². The molecule has 7 N–H and O–H groups in total. The second-order valence-electron chi connectivity index (χ2n) is 34.4. The van der Waals surface area contributed by atoms with Gasteiger partial charge in [0.25, 0.3) is 0 Å². The van der Waals surface area contributed by atoms with Crippen molar-refractivity contribution >= 4 is 70.9 Å². The Hall–Kier alpha value is -12.7. The zero-order valence-corrected chi connectivity index (χ0v) is 79.6. The summed E-state index contributed by atoms with van der Waals surface area (Å²) in [6, 6.07) is 67.4. The third-order valence-electron chi connectivity index (χ3n) is 25.1. The zero-order valence-electron chi connectivity index (χ0n) is 79.6. The van der Waals surface area contributed by atoms with Gasteiger partial charge in [-0.15, -0.1) is 0 Å². The molecule has 0 aliphatic rings. The summed E-state index contributed by atoms with van der Waals surface area (Å²) in [4.78, 5) is 199. The van der Waals surface area contributed by atoms with Crippen LogP contribution in [0.25, 0.3) is 0 Å². The van der Waals surface area contributed by atoms with Crippen LogP contribution in [0, 0.1) is 0 Å². The third-order valence-corrected chi connectivity index (χ3v) is 25.1. The molecule has 0 heterocycles. The van der Waals surface area contributed by atoms with Gasteiger partial charge in [0.2, 0.25) is 70.9 Å². The lowest BCUT2D eigenvalue weighted by atomic mass is 10.0. The lowest BCUT2D eigenvalue weighted by molar-refractivity contribution is -0.152. The van der Waals surface area contributed by atoms with Crippen LogP contribution in [0.4, 0.5) is 0 Å². The van der Waals surface area contributed by atoms with Crippen LogP contribution in [-0.2, 0) is 57.5 Å². The van der Waals surface area contributed by atoms with Gasteiger partial charge in [-0.25, -0.2) is 0 Å². The summed E-state index contributed by atoms with van der Waals surface area (Å²) in [6.07, 6.45) is 6.36. The fourth-order valence-corrected chi connectivity index (χ4v) is 16.6. The number of unbranched alkanes of at least 4 members (excludes halogenated alkanes) is 6. The summed E-state index contributed by atoms with van der Waals surface area (Å²) in [5, 5.41) is 3.27. The summed E-state index contributed by atoms with van der Waals surface area (Å²) < 4.78 is 0. The van der Waals surface area contributed by atoms with E-state index in [1.807, 2.05) is 251 Å². The molecule has 27 nitrogen and oxygen atoms in total. The summed E-state index contributed by atoms with van der Waals surface area (Å²) in [5.41, 5.74) is 23.5. The average molecular weight is 1820 g/mol. The second-order valence-corrected chi connectivity index (χ2v) is 34.4. The smallest absolute Gasteiger partial charge is 0.243 e. The minimum Gasteiger partial charge on any atom is -0.368 e. The molecule has 8 atom stereocenters. The van der Waals surface area contributed by atoms with Crippen molar-refractivity contribution in [2.75, 3.05) is 118 Å². The molecule has 0 saturated carbocycles. The van der Waals surface area contributed by atoms with Gasteiger partial charge in [-0.2, -0.15) is 0 Å². The summed E-state index contributed by atoms with van der Waals surface area (Å²) in [5.74, 6) is -7.09. The van der Waals surface area contributed by atoms with Gasteiger partial charge in [0.05, 0.1) is 81.1 Å². The van der Waals surface area contributed by atoms with Gasteiger partial charge < -0.3 is 76.4 Å². The van der Waals surface area contributed by atoms with Crippen LogP contribution in [0.2, 0.25) is 0 Å². The Morgan fingerprint density at radius 3 is 0.617 bits per heavy atom. The van der Waals surface area contributed by atoms with Gasteiger partial charge in [0, 0.05) is 19.6 Å². The number of nitrogens with one attached hydrogen (secondary N) is 1. The van der Waals surface area contributed by atoms with Gasteiger partial charge in [0.1, 0.15) is 45.8 Å². The molecule has 0 fully saturated rings. The summed E-state index contributed by atoms with van der Waals surface area (Å²) in [6.45, 7) is 13.9. The van der Waals surface area contributed by atoms with E-state index in [0.717, 1.165) is 42.4 Å². The molecule has 8 rings (SSSR count). The lowest BCUT2D eigenvalue weighted by Crippen LogP contribution is -2.54. The van der Waals surface area contributed by atoms with Crippen molar-refractivity contribution in [2.45, 2.75) is 182 Å². The predicted molar refractivity (Wildman–Crippen MR) is 520 cm³/mol. The summed E-state index contributed by atoms with van der Waals surface area (Å²) >= 11 is 0. The number of carbonyl (C=O) groups is 12. The number of hydrogen-bond acceptors (Lipinski definition) is 15. The molecule has 8 aromatic rings. The maximum absolute atomic E-state index is 16.1. The molecule has 712 valence electrons. The molecule has 0 aliphatic heterocycles. The van der Waals surface area contributed by atoms with Crippen molar-refractivity contribution in [1.82, 2.24) is 59.2 Å². The number of rotatable bonds is 56. The van der Waals surface area contributed by atoms with E-state index >= 15 is 43.2 Å². The van der Waals surface area contributed by atoms with Crippen molar-refractivity contribution in [3.63, 3.8) is 0 Å². The maximum Gasteiger partial charge on any atom is 0.243 e. The number of nitrogens with two attached hydrogens (primary N) is 3. The highest BCUT2D eigenvalue weighted by atomic mass is 16.2. The second kappa shape index (κ2) is 55.6. The molecule has 12 amide bonds. The van der Waals surface area contributed by atoms with E-state index in [4.69, 9.17) is 17.2 Å². The Morgan fingerprint density at radius 2 is 0.414 bits per heavy atom. The van der Waals surface area contributed by atoms with Crippen molar-refractivity contribution in [1.29, 1.82) is 0 Å². The van der Waals surface area contributed by atoms with Gasteiger partial charge in [-0.05, 0) is 158 Å². The monoisotopic (exact) mass is 1820 g/mol. The van der Waals surface area contributed by atoms with Crippen LogP contribution in [-0.4, -0.2) is 243 Å². The molecule has 0 spiro atoms. The van der Waals surface area contributed by atoms with Crippen molar-refractivity contribution in [3.05, 3.63) is 287 Å². The fraction of sp³-hybridized carbons (Fsp3) is 0.434. The first kappa shape index (κ1) is 106. The Balaban J connectivity index is 1.12. The van der Waals surface area contributed by atoms with Gasteiger partial charge in [-0.3, -0.25) is 57.5 Å². The number of benzene rings is 8. The molecule has 0 saturated heterocycles. The minimum absolute atomic E-state index is 0.0173. The predicted octanol–water partition coefficient (Wildman–Crippen LogP) is 13.1. The minimum atomic E-state index is -0.831. The van der Waals surface area contributed by atoms with Gasteiger partial charge in [0.15, 0.2) is 0 Å². The topological polar surface area (TPSA) is 331 Å². The van der Waals surface area contributed by atoms with Crippen molar-refractivity contribution < 1.29 is 57.5 Å². The molecule has 8 aromatic carbocycles. The number of primary amides is 1. The van der Waals surface area contributed by atoms with Crippen molar-refractivity contribution in [2.24, 2.45) is 17.2 Å². The number of hydrogen-bond donors (Lipinski definition) is 4. The number of amides is 12. The zero-order chi connectivity index (χ0) is 96.3. The molecule has 0 aromatic heterocycles. The average Bonchev–Trinajstić information content (AvgIpc) is 0.835. The Morgan fingerprint density at radius 1 is 0.233 bits per heavy atom. The largest absolute Gasteiger partial charge is 0.368 e. The Bertz CT molecular complexity index is 4900. The molecule has 0 radical (unpaired) electrons. The van der Waals surface area contributed by atoms with Crippen LogP contribution >= 0.6 is 0 Å². The lowest BCUT2D eigenvalue weighted by Gasteiger charge is -2.38.